The van der Waals surface area contributed by atoms with E-state index < -0.39 is 0 Å². The second kappa shape index (κ2) is 15.0. The molecular weight excluding hydrogens is 857 g/mol. The average Bonchev–Trinajstić information content (AvgIpc) is 4.22. The summed E-state index contributed by atoms with van der Waals surface area (Å²) in [4.78, 5) is 9.67. The summed E-state index contributed by atoms with van der Waals surface area (Å²) in [6.07, 6.45) is 0. The zero-order valence-corrected chi connectivity index (χ0v) is 37.5. The number of aromatic nitrogens is 4. The van der Waals surface area contributed by atoms with Gasteiger partial charge >= 0.3 is 0 Å². The van der Waals surface area contributed by atoms with E-state index in [9.17, 15) is 0 Å². The Hall–Kier alpha value is -9.52. The summed E-state index contributed by atoms with van der Waals surface area (Å²) in [6.45, 7) is 0. The lowest BCUT2D eigenvalue weighted by Crippen LogP contribution is -1.94. The lowest BCUT2D eigenvalue weighted by molar-refractivity contribution is 0.619. The van der Waals surface area contributed by atoms with E-state index in [2.05, 4.69) is 191 Å². The SMILES string of the molecule is c1ccc2c(c1)ccc1c2c2cc(-c3nc4ccccc4o3)ccc2n1-c1ccc(-c2ccc(-c3ccc(-n4c5ccc(-c6nc7ccccc7o6)cc5c5c6ccccc6ccc54)cc3)cc2)cc1. The molecule has 0 saturated carbocycles. The van der Waals surface area contributed by atoms with Gasteiger partial charge in [0.1, 0.15) is 11.0 Å². The average molecular weight is 895 g/mol. The van der Waals surface area contributed by atoms with Gasteiger partial charge in [0.2, 0.25) is 11.8 Å². The zero-order valence-electron chi connectivity index (χ0n) is 37.5. The third-order valence-corrected chi connectivity index (χ3v) is 14.2. The largest absolute Gasteiger partial charge is 0.436 e. The Balaban J connectivity index is 0.758. The van der Waals surface area contributed by atoms with Crippen LogP contribution in [0.25, 0.3) is 144 Å². The minimum atomic E-state index is 0.623. The summed E-state index contributed by atoms with van der Waals surface area (Å²) in [7, 11) is 0. The van der Waals surface area contributed by atoms with Gasteiger partial charge in [-0.15, -0.1) is 0 Å². The second-order valence-electron chi connectivity index (χ2n) is 18.1. The van der Waals surface area contributed by atoms with Crippen LogP contribution in [0.1, 0.15) is 0 Å². The Morgan fingerprint density at radius 3 is 1.07 bits per heavy atom. The molecule has 70 heavy (non-hydrogen) atoms. The van der Waals surface area contributed by atoms with E-state index in [0.717, 1.165) is 99.8 Å². The predicted molar refractivity (Wildman–Crippen MR) is 287 cm³/mol. The van der Waals surface area contributed by atoms with Crippen molar-refractivity contribution in [3.05, 3.63) is 231 Å². The first-order chi connectivity index (χ1) is 34.7. The Kier molecular flexibility index (Phi) is 8.26. The molecule has 0 bridgehead atoms. The quantitative estimate of drug-likeness (QED) is 0.167. The van der Waals surface area contributed by atoms with Gasteiger partial charge in [-0.25, -0.2) is 9.97 Å². The van der Waals surface area contributed by atoms with Crippen molar-refractivity contribution in [1.82, 2.24) is 19.1 Å². The van der Waals surface area contributed by atoms with Crippen molar-refractivity contribution in [2.75, 3.05) is 0 Å². The lowest BCUT2D eigenvalue weighted by atomic mass is 10.00. The number of benzene rings is 11. The molecular formula is C64H38N4O2. The van der Waals surface area contributed by atoms with Crippen molar-refractivity contribution in [2.45, 2.75) is 0 Å². The van der Waals surface area contributed by atoms with Gasteiger partial charge in [-0.1, -0.05) is 133 Å². The molecule has 0 N–H and O–H groups in total. The number of fused-ring (bicyclic) bond motifs is 12. The van der Waals surface area contributed by atoms with Gasteiger partial charge in [0, 0.05) is 44.0 Å². The molecule has 0 saturated heterocycles. The molecule has 0 radical (unpaired) electrons. The first-order valence-corrected chi connectivity index (χ1v) is 23.6. The van der Waals surface area contributed by atoms with Crippen molar-refractivity contribution < 1.29 is 8.83 Å². The first-order valence-electron chi connectivity index (χ1n) is 23.6. The molecule has 0 aliphatic rings. The van der Waals surface area contributed by atoms with Gasteiger partial charge in [0.25, 0.3) is 0 Å². The van der Waals surface area contributed by atoms with Gasteiger partial charge in [-0.05, 0) is 141 Å². The topological polar surface area (TPSA) is 61.9 Å². The third-order valence-electron chi connectivity index (χ3n) is 14.2. The summed E-state index contributed by atoms with van der Waals surface area (Å²) in [6, 6.07) is 82.0. The Morgan fingerprint density at radius 1 is 0.286 bits per heavy atom. The van der Waals surface area contributed by atoms with E-state index in [1.807, 2.05) is 48.5 Å². The zero-order chi connectivity index (χ0) is 45.9. The molecule has 0 atom stereocenters. The highest BCUT2D eigenvalue weighted by Gasteiger charge is 2.20. The van der Waals surface area contributed by atoms with Crippen LogP contribution in [0.15, 0.2) is 239 Å². The first kappa shape index (κ1) is 38.6. The fraction of sp³-hybridized carbons (Fsp3) is 0. The molecule has 0 spiro atoms. The molecule has 0 fully saturated rings. The molecule has 6 heteroatoms. The fourth-order valence-corrected chi connectivity index (χ4v) is 10.9. The molecule has 15 aromatic rings. The molecule has 0 aliphatic heterocycles. The highest BCUT2D eigenvalue weighted by molar-refractivity contribution is 6.23. The van der Waals surface area contributed by atoms with Gasteiger partial charge in [-0.3, -0.25) is 0 Å². The Morgan fingerprint density at radius 2 is 0.643 bits per heavy atom. The highest BCUT2D eigenvalue weighted by atomic mass is 16.4. The number of hydrogen-bond acceptors (Lipinski definition) is 4. The van der Waals surface area contributed by atoms with Gasteiger partial charge < -0.3 is 18.0 Å². The van der Waals surface area contributed by atoms with Crippen LogP contribution in [0.5, 0.6) is 0 Å². The number of rotatable bonds is 6. The van der Waals surface area contributed by atoms with Crippen LogP contribution in [0.4, 0.5) is 0 Å². The molecule has 6 nitrogen and oxygen atoms in total. The predicted octanol–water partition coefficient (Wildman–Crippen LogP) is 17.1. The molecule has 0 amide bonds. The van der Waals surface area contributed by atoms with E-state index >= 15 is 0 Å². The van der Waals surface area contributed by atoms with Crippen LogP contribution < -0.4 is 0 Å². The van der Waals surface area contributed by atoms with Crippen LogP contribution in [-0.2, 0) is 0 Å². The Labute approximate surface area is 400 Å². The summed E-state index contributed by atoms with van der Waals surface area (Å²) in [5.41, 5.74) is 16.6. The normalized spacial score (nSPS) is 12.0. The third kappa shape index (κ3) is 5.93. The second-order valence-corrected chi connectivity index (χ2v) is 18.1. The molecule has 11 aromatic carbocycles. The van der Waals surface area contributed by atoms with Crippen molar-refractivity contribution >= 4 is 87.4 Å². The van der Waals surface area contributed by atoms with Crippen molar-refractivity contribution in [1.29, 1.82) is 0 Å². The maximum absolute atomic E-state index is 6.23. The van der Waals surface area contributed by atoms with E-state index in [0.29, 0.717) is 11.8 Å². The molecule has 4 heterocycles. The van der Waals surface area contributed by atoms with Crippen LogP contribution in [0, 0.1) is 0 Å². The van der Waals surface area contributed by atoms with Crippen LogP contribution in [0.3, 0.4) is 0 Å². The smallest absolute Gasteiger partial charge is 0.227 e. The maximum Gasteiger partial charge on any atom is 0.227 e. The van der Waals surface area contributed by atoms with Gasteiger partial charge in [-0.2, -0.15) is 0 Å². The molecule has 0 aliphatic carbocycles. The van der Waals surface area contributed by atoms with Gasteiger partial charge in [0.15, 0.2) is 11.2 Å². The number of para-hydroxylation sites is 4. The number of oxazole rings is 2. The molecule has 326 valence electrons. The standard InChI is InChI=1S/C64H38N4O2/c1-3-11-49-43(9-1)25-35-57-61(49)51-37-45(63-65-53-13-5-7-15-59(53)69-63)27-33-55(51)67(57)47-29-21-41(22-30-47)39-17-19-40(20-18-39)42-23-31-48(32-24-42)68-56-34-28-46(64-66-54-14-6-8-16-60(54)70-64)38-52(56)62-50-12-4-2-10-44(50)26-36-58(62)68/h1-38H. The van der Waals surface area contributed by atoms with E-state index in [1.54, 1.807) is 0 Å². The van der Waals surface area contributed by atoms with Crippen molar-refractivity contribution in [3.63, 3.8) is 0 Å². The number of nitrogens with zero attached hydrogens (tertiary/aromatic N) is 4. The van der Waals surface area contributed by atoms with Crippen LogP contribution in [-0.4, -0.2) is 19.1 Å². The summed E-state index contributed by atoms with van der Waals surface area (Å²) < 4.78 is 17.2. The van der Waals surface area contributed by atoms with E-state index in [1.165, 1.54) is 32.3 Å². The highest BCUT2D eigenvalue weighted by Crippen LogP contribution is 2.42. The van der Waals surface area contributed by atoms with E-state index in [-0.39, 0.29) is 0 Å². The molecule has 4 aromatic heterocycles. The number of hydrogen-bond donors (Lipinski definition) is 0. The van der Waals surface area contributed by atoms with Crippen LogP contribution in [0.2, 0.25) is 0 Å². The molecule has 15 rings (SSSR count). The van der Waals surface area contributed by atoms with Crippen LogP contribution >= 0.6 is 0 Å². The maximum atomic E-state index is 6.23. The van der Waals surface area contributed by atoms with Crippen molar-refractivity contribution in [3.8, 4) is 56.5 Å². The fourth-order valence-electron chi connectivity index (χ4n) is 10.9. The lowest BCUT2D eigenvalue weighted by Gasteiger charge is -2.11. The summed E-state index contributed by atoms with van der Waals surface area (Å²) in [5, 5.41) is 9.61. The minimum Gasteiger partial charge on any atom is -0.436 e. The van der Waals surface area contributed by atoms with E-state index in [4.69, 9.17) is 18.8 Å². The Bertz CT molecular complexity index is 4210. The minimum absolute atomic E-state index is 0.623. The molecule has 0 unspecified atom stereocenters. The summed E-state index contributed by atoms with van der Waals surface area (Å²) >= 11 is 0. The van der Waals surface area contributed by atoms with Gasteiger partial charge in [0.05, 0.1) is 22.1 Å². The monoisotopic (exact) mass is 894 g/mol. The summed E-state index contributed by atoms with van der Waals surface area (Å²) in [5.74, 6) is 1.25. The van der Waals surface area contributed by atoms with Crippen molar-refractivity contribution in [2.24, 2.45) is 0 Å².